The molecule has 20 aromatic rings. The highest BCUT2D eigenvalue weighted by atomic mass is 19.4. The van der Waals surface area contributed by atoms with Gasteiger partial charge in [-0.1, -0.05) is 170 Å². The van der Waals surface area contributed by atoms with E-state index in [1.54, 1.807) is 12.1 Å². The van der Waals surface area contributed by atoms with E-state index in [9.17, 15) is 0 Å². The molecule has 0 bridgehead atoms. The lowest BCUT2D eigenvalue weighted by molar-refractivity contribution is -0.143. The van der Waals surface area contributed by atoms with Crippen LogP contribution in [0.15, 0.2) is 297 Å². The van der Waals surface area contributed by atoms with Gasteiger partial charge in [-0.25, -0.2) is 4.98 Å². The molecule has 0 amide bonds. The number of para-hydroxylation sites is 8. The third kappa shape index (κ3) is 8.16. The number of alkyl halides is 6. The van der Waals surface area contributed by atoms with E-state index in [1.165, 1.54) is 0 Å². The van der Waals surface area contributed by atoms with Crippen LogP contribution in [0.25, 0.3) is 176 Å². The maximum absolute atomic E-state index is 15.4. The first kappa shape index (κ1) is 55.8. The number of pyridine rings is 1. The molecule has 98 heavy (non-hydrogen) atoms. The normalized spacial score (nSPS) is 12.6. The lowest BCUT2D eigenvalue weighted by Crippen LogP contribution is -2.11. The molecule has 7 aromatic heterocycles. The minimum atomic E-state index is -5.15. The summed E-state index contributed by atoms with van der Waals surface area (Å²) in [5.41, 5.74) is 10.8. The minimum absolute atomic E-state index is 0.0702. The quantitative estimate of drug-likeness (QED) is 0.147. The van der Waals surface area contributed by atoms with E-state index >= 15 is 26.3 Å². The van der Waals surface area contributed by atoms with Crippen molar-refractivity contribution in [1.82, 2.24) is 32.4 Å². The molecule has 0 unspecified atom stereocenters. The number of hydrogen-bond acceptors (Lipinski definition) is 1. The molecule has 7 heterocycles. The third-order valence-electron chi connectivity index (χ3n) is 20.0. The second kappa shape index (κ2) is 20.5. The van der Waals surface area contributed by atoms with Gasteiger partial charge in [0.1, 0.15) is 11.6 Å². The van der Waals surface area contributed by atoms with Gasteiger partial charge in [-0.2, -0.15) is 26.3 Å². The summed E-state index contributed by atoms with van der Waals surface area (Å²) in [5, 5.41) is 11.9. The van der Waals surface area contributed by atoms with Crippen LogP contribution in [0.4, 0.5) is 26.3 Å². The van der Waals surface area contributed by atoms with Crippen LogP contribution >= 0.6 is 0 Å². The standard InChI is InChI=1S/C85H49F6N7/c86-84(87,88)52-41-50(42-53(45-52)85(89,90)91)51-43-82(97-78-46-54(93-70-25-9-1-17-58(70)59-18-2-10-26-71(59)93)33-37-66(78)67-38-34-55(47-79(67)97)94-72-27-11-3-19-60(72)61-20-4-12-28-73(61)94)92-83(44-51)98-80-48-56(95-74-29-13-5-21-62(74)63-22-6-14-30-75(63)95)35-39-68(80)69-40-36-57(49-81(69)98)96-76-31-15-7-23-64(76)65-24-8-16-32-77(65)96/h1-49H. The van der Waals surface area contributed by atoms with Gasteiger partial charge >= 0.3 is 12.4 Å². The van der Waals surface area contributed by atoms with Gasteiger partial charge in [-0.3, -0.25) is 9.13 Å². The molecule has 7 nitrogen and oxygen atoms in total. The first-order valence-electron chi connectivity index (χ1n) is 32.3. The number of nitrogens with zero attached hydrogens (tertiary/aromatic N) is 7. The summed E-state index contributed by atoms with van der Waals surface area (Å²) in [6, 6.07) is 96.4. The molecule has 0 spiro atoms. The molecule has 0 saturated carbocycles. The van der Waals surface area contributed by atoms with Gasteiger partial charge < -0.3 is 18.3 Å². The van der Waals surface area contributed by atoms with Gasteiger partial charge in [0.05, 0.1) is 77.3 Å². The maximum Gasteiger partial charge on any atom is 0.416 e. The van der Waals surface area contributed by atoms with Crippen molar-refractivity contribution < 1.29 is 26.3 Å². The number of benzene rings is 13. The molecule has 0 N–H and O–H groups in total. The number of rotatable bonds is 7. The first-order chi connectivity index (χ1) is 47.9. The Morgan fingerprint density at radius 1 is 0.194 bits per heavy atom. The molecule has 0 aliphatic heterocycles. The molecule has 13 aromatic carbocycles. The molecule has 0 atom stereocenters. The summed E-state index contributed by atoms with van der Waals surface area (Å²) in [5.74, 6) is 0.489. The molecule has 13 heteroatoms. The van der Waals surface area contributed by atoms with Crippen molar-refractivity contribution in [3.05, 3.63) is 308 Å². The summed E-state index contributed by atoms with van der Waals surface area (Å²) in [6.45, 7) is 0. The van der Waals surface area contributed by atoms with Crippen molar-refractivity contribution in [2.24, 2.45) is 0 Å². The van der Waals surface area contributed by atoms with E-state index in [0.29, 0.717) is 22.1 Å². The van der Waals surface area contributed by atoms with E-state index in [2.05, 4.69) is 188 Å². The molecule has 0 aliphatic rings. The van der Waals surface area contributed by atoms with Gasteiger partial charge in [0.25, 0.3) is 0 Å². The van der Waals surface area contributed by atoms with E-state index in [1.807, 2.05) is 106 Å². The van der Waals surface area contributed by atoms with Gasteiger partial charge in [0, 0.05) is 87.4 Å². The van der Waals surface area contributed by atoms with Gasteiger partial charge in [0.15, 0.2) is 0 Å². The second-order valence-electron chi connectivity index (χ2n) is 25.3. The van der Waals surface area contributed by atoms with Crippen LogP contribution in [0.3, 0.4) is 0 Å². The van der Waals surface area contributed by atoms with E-state index in [4.69, 9.17) is 4.98 Å². The minimum Gasteiger partial charge on any atom is -0.309 e. The maximum atomic E-state index is 15.4. The molecule has 0 saturated heterocycles. The van der Waals surface area contributed by atoms with Crippen molar-refractivity contribution in [2.75, 3.05) is 0 Å². The molecule has 0 fully saturated rings. The Labute approximate surface area is 552 Å². The Kier molecular flexibility index (Phi) is 11.6. The fourth-order valence-corrected chi connectivity index (χ4v) is 15.9. The van der Waals surface area contributed by atoms with Crippen molar-refractivity contribution in [1.29, 1.82) is 0 Å². The number of hydrogen-bond donors (Lipinski definition) is 0. The average molecular weight is 1280 g/mol. The number of fused-ring (bicyclic) bond motifs is 18. The topological polar surface area (TPSA) is 42.5 Å². The summed E-state index contributed by atoms with van der Waals surface area (Å²) < 4.78 is 105. The van der Waals surface area contributed by atoms with E-state index in [-0.39, 0.29) is 28.8 Å². The highest BCUT2D eigenvalue weighted by Gasteiger charge is 2.37. The van der Waals surface area contributed by atoms with Crippen LogP contribution < -0.4 is 0 Å². The van der Waals surface area contributed by atoms with E-state index in [0.717, 1.165) is 144 Å². The summed E-state index contributed by atoms with van der Waals surface area (Å²) in [7, 11) is 0. The Morgan fingerprint density at radius 2 is 0.398 bits per heavy atom. The van der Waals surface area contributed by atoms with Crippen molar-refractivity contribution in [3.8, 4) is 45.5 Å². The van der Waals surface area contributed by atoms with Crippen LogP contribution in [0.5, 0.6) is 0 Å². The van der Waals surface area contributed by atoms with Gasteiger partial charge in [-0.15, -0.1) is 0 Å². The molecular formula is C85H49F6N7. The SMILES string of the molecule is FC(F)(F)c1cc(-c2cc(-n3c4cc(-n5c6ccccc6c6ccccc65)ccc4c4ccc(-n5c6ccccc6c6ccccc65)cc43)nc(-n3c4cc(-n5c6ccccc6c6ccccc65)ccc4c4ccc(-n5c6ccccc6c6ccccc65)cc43)c2)cc(C(F)(F)F)c1. The van der Waals surface area contributed by atoms with Crippen molar-refractivity contribution >= 4 is 131 Å². The zero-order chi connectivity index (χ0) is 65.4. The summed E-state index contributed by atoms with van der Waals surface area (Å²) >= 11 is 0. The lowest BCUT2D eigenvalue weighted by Gasteiger charge is -2.18. The van der Waals surface area contributed by atoms with Crippen LogP contribution in [0.1, 0.15) is 11.1 Å². The monoisotopic (exact) mass is 1280 g/mol. The second-order valence-corrected chi connectivity index (χ2v) is 25.3. The number of aromatic nitrogens is 7. The first-order valence-corrected chi connectivity index (χ1v) is 32.3. The molecule has 466 valence electrons. The Bertz CT molecular complexity index is 5850. The Hall–Kier alpha value is -12.6. The smallest absolute Gasteiger partial charge is 0.309 e. The molecule has 0 aliphatic carbocycles. The van der Waals surface area contributed by atoms with Crippen LogP contribution in [0, 0.1) is 0 Å². The van der Waals surface area contributed by atoms with Crippen molar-refractivity contribution in [3.63, 3.8) is 0 Å². The zero-order valence-corrected chi connectivity index (χ0v) is 51.7. The Morgan fingerprint density at radius 3 is 0.622 bits per heavy atom. The largest absolute Gasteiger partial charge is 0.416 e. The summed E-state index contributed by atoms with van der Waals surface area (Å²) in [6.07, 6.45) is -10.3. The van der Waals surface area contributed by atoms with Crippen LogP contribution in [-0.4, -0.2) is 32.4 Å². The fraction of sp³-hybridized carbons (Fsp3) is 0.0235. The van der Waals surface area contributed by atoms with Crippen molar-refractivity contribution in [2.45, 2.75) is 12.4 Å². The highest BCUT2D eigenvalue weighted by Crippen LogP contribution is 2.46. The van der Waals surface area contributed by atoms with Crippen LogP contribution in [0.2, 0.25) is 0 Å². The van der Waals surface area contributed by atoms with Crippen LogP contribution in [-0.2, 0) is 12.4 Å². The molecular weight excluding hydrogens is 1230 g/mol. The van der Waals surface area contributed by atoms with Gasteiger partial charge in [0.2, 0.25) is 0 Å². The van der Waals surface area contributed by atoms with Gasteiger partial charge in [-0.05, 0) is 139 Å². The average Bonchev–Trinajstić information content (AvgIpc) is 1.56. The fourth-order valence-electron chi connectivity index (χ4n) is 15.9. The summed E-state index contributed by atoms with van der Waals surface area (Å²) in [4.78, 5) is 5.81. The number of halogens is 6. The van der Waals surface area contributed by atoms with E-state index < -0.39 is 23.5 Å². The molecule has 0 radical (unpaired) electrons. The molecule has 20 rings (SSSR count). The predicted octanol–water partition coefficient (Wildman–Crippen LogP) is 23.4. The highest BCUT2D eigenvalue weighted by molar-refractivity contribution is 6.16. The Balaban J connectivity index is 0.938. The lowest BCUT2D eigenvalue weighted by atomic mass is 9.99. The predicted molar refractivity (Wildman–Crippen MR) is 386 cm³/mol. The zero-order valence-electron chi connectivity index (χ0n) is 51.7. The third-order valence-corrected chi connectivity index (χ3v) is 20.0.